The normalized spacial score (nSPS) is 20.8. The van der Waals surface area contributed by atoms with E-state index in [-0.39, 0.29) is 0 Å². The Morgan fingerprint density at radius 2 is 2.39 bits per heavy atom. The molecule has 1 aromatic heterocycles. The lowest BCUT2D eigenvalue weighted by Gasteiger charge is -2.34. The summed E-state index contributed by atoms with van der Waals surface area (Å²) in [5.74, 6) is -0.0587. The third-order valence-corrected chi connectivity index (χ3v) is 2.81. The summed E-state index contributed by atoms with van der Waals surface area (Å²) in [5, 5.41) is 10.1. The zero-order chi connectivity index (χ0) is 13.3. The summed E-state index contributed by atoms with van der Waals surface area (Å²) in [6, 6.07) is 1.58. The first-order chi connectivity index (χ1) is 8.43. The second-order valence-electron chi connectivity index (χ2n) is 4.92. The van der Waals surface area contributed by atoms with E-state index in [4.69, 9.17) is 9.47 Å². The number of hydrogen-bond acceptors (Lipinski definition) is 5. The van der Waals surface area contributed by atoms with Crippen molar-refractivity contribution in [3.05, 3.63) is 23.4 Å². The summed E-state index contributed by atoms with van der Waals surface area (Å²) in [6.07, 6.45) is 1.20. The molecule has 1 aromatic rings. The van der Waals surface area contributed by atoms with Crippen LogP contribution in [0.2, 0.25) is 0 Å². The molecule has 2 rings (SSSR count). The minimum absolute atomic E-state index is 0.308. The molecule has 0 bridgehead atoms. The Balaban J connectivity index is 2.33. The fraction of sp³-hybridized carbons (Fsp3) is 0.538. The number of aliphatic hydroxyl groups is 1. The number of fused-ring (bicyclic) bond motifs is 1. The molecule has 0 aliphatic carbocycles. The quantitative estimate of drug-likeness (QED) is 0.812. The fourth-order valence-corrected chi connectivity index (χ4v) is 2.00. The second-order valence-corrected chi connectivity index (χ2v) is 4.92. The molecular weight excluding hydrogens is 234 g/mol. The van der Waals surface area contributed by atoms with Crippen LogP contribution >= 0.6 is 0 Å². The first-order valence-electron chi connectivity index (χ1n) is 5.97. The highest BCUT2D eigenvalue weighted by molar-refractivity contribution is 5.89. The second kappa shape index (κ2) is 4.57. The number of aromatic nitrogens is 1. The van der Waals surface area contributed by atoms with Gasteiger partial charge in [0.2, 0.25) is 5.88 Å². The molecule has 18 heavy (non-hydrogen) atoms. The van der Waals surface area contributed by atoms with Gasteiger partial charge >= 0.3 is 5.97 Å². The lowest BCUT2D eigenvalue weighted by atomic mass is 9.93. The minimum atomic E-state index is -0.675. The van der Waals surface area contributed by atoms with Crippen molar-refractivity contribution in [1.29, 1.82) is 0 Å². The molecule has 0 fully saturated rings. The van der Waals surface area contributed by atoms with Crippen LogP contribution in [-0.2, 0) is 4.74 Å². The third-order valence-electron chi connectivity index (χ3n) is 2.81. The molecular formula is C13H17NO4. The third kappa shape index (κ3) is 2.46. The Hall–Kier alpha value is -1.62. The molecule has 0 radical (unpaired) electrons. The lowest BCUT2D eigenvalue weighted by Crippen LogP contribution is -2.35. The number of ether oxygens (including phenoxy) is 2. The summed E-state index contributed by atoms with van der Waals surface area (Å²) < 4.78 is 10.6. The van der Waals surface area contributed by atoms with Crippen LogP contribution < -0.4 is 4.74 Å². The number of nitrogens with zero attached hydrogens (tertiary/aromatic N) is 1. The van der Waals surface area contributed by atoms with Crippen LogP contribution in [0.4, 0.5) is 0 Å². The first kappa shape index (κ1) is 12.8. The summed E-state index contributed by atoms with van der Waals surface area (Å²) in [7, 11) is 0. The Labute approximate surface area is 106 Å². The maximum atomic E-state index is 11.6. The number of pyridine rings is 1. The van der Waals surface area contributed by atoms with Crippen LogP contribution in [0.25, 0.3) is 0 Å². The van der Waals surface area contributed by atoms with Gasteiger partial charge in [-0.3, -0.25) is 0 Å². The lowest BCUT2D eigenvalue weighted by molar-refractivity contribution is 0.00717. The zero-order valence-corrected chi connectivity index (χ0v) is 10.8. The highest BCUT2D eigenvalue weighted by Gasteiger charge is 2.34. The zero-order valence-electron chi connectivity index (χ0n) is 10.8. The average molecular weight is 251 g/mol. The molecule has 0 aromatic carbocycles. The molecule has 1 aliphatic rings. The fourth-order valence-electron chi connectivity index (χ4n) is 2.00. The van der Waals surface area contributed by atoms with E-state index in [1.807, 2.05) is 13.8 Å². The molecule has 0 saturated carbocycles. The van der Waals surface area contributed by atoms with Crippen molar-refractivity contribution < 1.29 is 19.4 Å². The first-order valence-corrected chi connectivity index (χ1v) is 5.97. The van der Waals surface area contributed by atoms with Crippen molar-refractivity contribution in [3.63, 3.8) is 0 Å². The molecule has 5 nitrogen and oxygen atoms in total. The summed E-state index contributed by atoms with van der Waals surface area (Å²) in [4.78, 5) is 15.7. The van der Waals surface area contributed by atoms with Crippen LogP contribution in [-0.4, -0.2) is 28.3 Å². The van der Waals surface area contributed by atoms with Crippen LogP contribution in [0, 0.1) is 0 Å². The predicted octanol–water partition coefficient (Wildman–Crippen LogP) is 1.85. The molecule has 5 heteroatoms. The molecule has 0 spiro atoms. The number of esters is 1. The molecule has 1 aliphatic heterocycles. The van der Waals surface area contributed by atoms with E-state index in [0.717, 1.165) is 0 Å². The predicted molar refractivity (Wildman–Crippen MR) is 64.5 cm³/mol. The van der Waals surface area contributed by atoms with Crippen LogP contribution in [0.3, 0.4) is 0 Å². The topological polar surface area (TPSA) is 68.7 Å². The van der Waals surface area contributed by atoms with Crippen LogP contribution in [0.5, 0.6) is 5.88 Å². The maximum absolute atomic E-state index is 11.6. The Morgan fingerprint density at radius 1 is 1.67 bits per heavy atom. The number of carbonyl (C=O) groups is 1. The van der Waals surface area contributed by atoms with Crippen LogP contribution in [0.1, 0.15) is 49.2 Å². The van der Waals surface area contributed by atoms with Gasteiger partial charge in [0.1, 0.15) is 5.60 Å². The van der Waals surface area contributed by atoms with Gasteiger partial charge in [-0.05, 0) is 26.8 Å². The van der Waals surface area contributed by atoms with E-state index in [0.29, 0.717) is 30.0 Å². The maximum Gasteiger partial charge on any atom is 0.339 e. The average Bonchev–Trinajstić information content (AvgIpc) is 2.27. The van der Waals surface area contributed by atoms with Gasteiger partial charge in [-0.2, -0.15) is 0 Å². The highest BCUT2D eigenvalue weighted by atomic mass is 16.5. The minimum Gasteiger partial charge on any atom is -0.471 e. The molecule has 0 amide bonds. The Kier molecular flexibility index (Phi) is 3.26. The standard InChI is InChI=1S/C13H17NO4/c1-4-17-12(16)8-5-9-10(15)6-13(2,3)18-11(9)14-7-8/h5,7,10,15H,4,6H2,1-3H3. The molecule has 98 valence electrons. The SMILES string of the molecule is CCOC(=O)c1cnc2c(c1)C(O)CC(C)(C)O2. The van der Waals surface area contributed by atoms with E-state index in [2.05, 4.69) is 4.98 Å². The summed E-state index contributed by atoms with van der Waals surface area (Å²) in [6.45, 7) is 5.83. The van der Waals surface area contributed by atoms with E-state index >= 15 is 0 Å². The van der Waals surface area contributed by atoms with Gasteiger partial charge in [0.15, 0.2) is 0 Å². The van der Waals surface area contributed by atoms with Crippen molar-refractivity contribution in [2.75, 3.05) is 6.61 Å². The van der Waals surface area contributed by atoms with E-state index in [1.54, 1.807) is 13.0 Å². The Bertz CT molecular complexity index is 470. The molecule has 1 unspecified atom stereocenters. The number of aliphatic hydroxyl groups excluding tert-OH is 1. The molecule has 0 saturated heterocycles. The van der Waals surface area contributed by atoms with Crippen molar-refractivity contribution in [2.24, 2.45) is 0 Å². The number of rotatable bonds is 2. The van der Waals surface area contributed by atoms with Crippen LogP contribution in [0.15, 0.2) is 12.3 Å². The van der Waals surface area contributed by atoms with E-state index in [1.165, 1.54) is 6.20 Å². The van der Waals surface area contributed by atoms with Gasteiger partial charge in [0.25, 0.3) is 0 Å². The molecule has 2 heterocycles. The van der Waals surface area contributed by atoms with Crippen molar-refractivity contribution in [1.82, 2.24) is 4.98 Å². The van der Waals surface area contributed by atoms with E-state index < -0.39 is 17.7 Å². The van der Waals surface area contributed by atoms with Crippen molar-refractivity contribution in [3.8, 4) is 5.88 Å². The van der Waals surface area contributed by atoms with Crippen molar-refractivity contribution >= 4 is 5.97 Å². The Morgan fingerprint density at radius 3 is 3.06 bits per heavy atom. The smallest absolute Gasteiger partial charge is 0.339 e. The highest BCUT2D eigenvalue weighted by Crippen LogP contribution is 2.38. The summed E-state index contributed by atoms with van der Waals surface area (Å²) >= 11 is 0. The van der Waals surface area contributed by atoms with Gasteiger partial charge in [-0.25, -0.2) is 9.78 Å². The van der Waals surface area contributed by atoms with Gasteiger partial charge < -0.3 is 14.6 Å². The van der Waals surface area contributed by atoms with E-state index in [9.17, 15) is 9.90 Å². The molecule has 1 atom stereocenters. The van der Waals surface area contributed by atoms with Gasteiger partial charge in [-0.1, -0.05) is 0 Å². The number of hydrogen-bond donors (Lipinski definition) is 1. The summed E-state index contributed by atoms with van der Waals surface area (Å²) in [5.41, 5.74) is 0.419. The number of carbonyl (C=O) groups excluding carboxylic acids is 1. The monoisotopic (exact) mass is 251 g/mol. The van der Waals surface area contributed by atoms with Gasteiger partial charge in [0, 0.05) is 18.2 Å². The largest absolute Gasteiger partial charge is 0.471 e. The van der Waals surface area contributed by atoms with Gasteiger partial charge in [0.05, 0.1) is 18.3 Å². The van der Waals surface area contributed by atoms with Gasteiger partial charge in [-0.15, -0.1) is 0 Å². The van der Waals surface area contributed by atoms with Crippen molar-refractivity contribution in [2.45, 2.75) is 38.9 Å². The molecule has 1 N–H and O–H groups in total.